The van der Waals surface area contributed by atoms with E-state index < -0.39 is 15.9 Å². The molecule has 1 amide bonds. The molecule has 2 aliphatic heterocycles. The van der Waals surface area contributed by atoms with E-state index in [2.05, 4.69) is 5.32 Å². The minimum Gasteiger partial charge on any atom is -0.490 e. The number of nitrogens with zero attached hydrogens (tertiary/aromatic N) is 1. The van der Waals surface area contributed by atoms with Crippen molar-refractivity contribution in [1.82, 2.24) is 4.31 Å². The summed E-state index contributed by atoms with van der Waals surface area (Å²) >= 11 is 7.57. The highest BCUT2D eigenvalue weighted by Crippen LogP contribution is 2.38. The second kappa shape index (κ2) is 8.74. The largest absolute Gasteiger partial charge is 0.490 e. The number of hydrogen-bond donors (Lipinski definition) is 1. The summed E-state index contributed by atoms with van der Waals surface area (Å²) in [6.45, 7) is 3.50. The maximum Gasteiger partial charge on any atom is 0.252 e. The molecule has 30 heavy (non-hydrogen) atoms. The minimum absolute atomic E-state index is 0.146. The molecule has 7 nitrogen and oxygen atoms in total. The van der Waals surface area contributed by atoms with Crippen molar-refractivity contribution in [2.75, 3.05) is 31.6 Å². The highest BCUT2D eigenvalue weighted by molar-refractivity contribution is 7.91. The molecule has 0 radical (unpaired) electrons. The number of sulfonamides is 1. The SMILES string of the molecule is Cc1ccc(S(=O)(=O)N2CCCC(C(=O)Nc3cc4c(cc3Cl)OCCCO4)C2)s1. The van der Waals surface area contributed by atoms with Gasteiger partial charge in [0.2, 0.25) is 5.91 Å². The van der Waals surface area contributed by atoms with Crippen LogP contribution in [0.25, 0.3) is 0 Å². The maximum atomic E-state index is 12.9. The molecule has 0 bridgehead atoms. The summed E-state index contributed by atoms with van der Waals surface area (Å²) in [6.07, 6.45) is 2.00. The molecule has 0 spiro atoms. The van der Waals surface area contributed by atoms with Crippen LogP contribution in [0.3, 0.4) is 0 Å². The standard InChI is InChI=1S/C20H23ClN2O5S2/c1-13-5-6-19(29-13)30(25,26)23-7-2-4-14(12-23)20(24)22-16-11-18-17(10-15(16)21)27-8-3-9-28-18/h5-6,10-11,14H,2-4,7-9,12H2,1H3,(H,22,24). The molecule has 2 aliphatic rings. The van der Waals surface area contributed by atoms with Crippen LogP contribution in [0.5, 0.6) is 11.5 Å². The van der Waals surface area contributed by atoms with Gasteiger partial charge in [0.1, 0.15) is 4.21 Å². The summed E-state index contributed by atoms with van der Waals surface area (Å²) in [7, 11) is -3.60. The highest BCUT2D eigenvalue weighted by atomic mass is 35.5. The van der Waals surface area contributed by atoms with Crippen molar-refractivity contribution in [3.63, 3.8) is 0 Å². The Kier molecular flexibility index (Phi) is 6.24. The van der Waals surface area contributed by atoms with Gasteiger partial charge in [-0.25, -0.2) is 8.42 Å². The third kappa shape index (κ3) is 4.44. The molecule has 1 aromatic carbocycles. The first kappa shape index (κ1) is 21.4. The Morgan fingerprint density at radius 2 is 1.93 bits per heavy atom. The quantitative estimate of drug-likeness (QED) is 0.732. The van der Waals surface area contributed by atoms with Gasteiger partial charge in [-0.1, -0.05) is 11.6 Å². The summed E-state index contributed by atoms with van der Waals surface area (Å²) < 4.78 is 38.8. The van der Waals surface area contributed by atoms with Crippen molar-refractivity contribution in [3.05, 3.63) is 34.2 Å². The Labute approximate surface area is 185 Å². The topological polar surface area (TPSA) is 84.9 Å². The average Bonchev–Trinajstić information content (AvgIpc) is 3.05. The van der Waals surface area contributed by atoms with Gasteiger partial charge in [-0.3, -0.25) is 4.79 Å². The van der Waals surface area contributed by atoms with Gasteiger partial charge in [0.05, 0.1) is 29.8 Å². The fraction of sp³-hybridized carbons (Fsp3) is 0.450. The van der Waals surface area contributed by atoms with Crippen LogP contribution in [0.15, 0.2) is 28.5 Å². The van der Waals surface area contributed by atoms with Crippen LogP contribution < -0.4 is 14.8 Å². The third-order valence-corrected chi connectivity index (χ3v) is 8.81. The normalized spacial score (nSPS) is 19.9. The first-order chi connectivity index (χ1) is 14.3. The molecule has 4 rings (SSSR count). The molecular weight excluding hydrogens is 448 g/mol. The molecular formula is C20H23ClN2O5S2. The van der Waals surface area contributed by atoms with Crippen LogP contribution in [-0.2, 0) is 14.8 Å². The van der Waals surface area contributed by atoms with Gasteiger partial charge in [-0.15, -0.1) is 11.3 Å². The molecule has 0 saturated carbocycles. The van der Waals surface area contributed by atoms with Gasteiger partial charge < -0.3 is 14.8 Å². The molecule has 0 aliphatic carbocycles. The van der Waals surface area contributed by atoms with Crippen LogP contribution in [0.4, 0.5) is 5.69 Å². The summed E-state index contributed by atoms with van der Waals surface area (Å²) in [5.41, 5.74) is 0.430. The first-order valence-electron chi connectivity index (χ1n) is 9.81. The second-order valence-corrected chi connectivity index (χ2v) is 11.2. The van der Waals surface area contributed by atoms with E-state index in [9.17, 15) is 13.2 Å². The van der Waals surface area contributed by atoms with E-state index in [4.69, 9.17) is 21.1 Å². The lowest BCUT2D eigenvalue weighted by molar-refractivity contribution is -0.120. The number of amides is 1. The number of ether oxygens (including phenoxy) is 2. The summed E-state index contributed by atoms with van der Waals surface area (Å²) in [6, 6.07) is 6.70. The van der Waals surface area contributed by atoms with Crippen LogP contribution in [0.2, 0.25) is 5.02 Å². The number of anilines is 1. The number of benzene rings is 1. The summed E-state index contributed by atoms with van der Waals surface area (Å²) in [4.78, 5) is 13.8. The Morgan fingerprint density at radius 3 is 2.63 bits per heavy atom. The van der Waals surface area contributed by atoms with Crippen molar-refractivity contribution in [2.45, 2.75) is 30.4 Å². The monoisotopic (exact) mass is 470 g/mol. The summed E-state index contributed by atoms with van der Waals surface area (Å²) in [5.74, 6) is 0.375. The lowest BCUT2D eigenvalue weighted by Crippen LogP contribution is -2.43. The molecule has 1 fully saturated rings. The fourth-order valence-electron chi connectivity index (χ4n) is 3.57. The van der Waals surface area contributed by atoms with Gasteiger partial charge in [-0.2, -0.15) is 4.31 Å². The molecule has 1 saturated heterocycles. The Bertz CT molecular complexity index is 1050. The van der Waals surface area contributed by atoms with Gasteiger partial charge in [0.15, 0.2) is 11.5 Å². The molecule has 2 aromatic rings. The van der Waals surface area contributed by atoms with Crippen LogP contribution in [0, 0.1) is 12.8 Å². The van der Waals surface area contributed by atoms with Crippen LogP contribution in [-0.4, -0.2) is 44.9 Å². The van der Waals surface area contributed by atoms with E-state index in [-0.39, 0.29) is 12.5 Å². The number of aryl methyl sites for hydroxylation is 1. The van der Waals surface area contributed by atoms with Gasteiger partial charge in [0, 0.05) is 36.5 Å². The molecule has 10 heteroatoms. The number of halogens is 1. The molecule has 1 atom stereocenters. The Hall–Kier alpha value is -1.81. The van der Waals surface area contributed by atoms with Crippen molar-refractivity contribution >= 4 is 44.6 Å². The van der Waals surface area contributed by atoms with Crippen molar-refractivity contribution in [2.24, 2.45) is 5.92 Å². The third-order valence-electron chi connectivity index (χ3n) is 5.16. The number of carbonyl (C=O) groups excluding carboxylic acids is 1. The number of fused-ring (bicyclic) bond motifs is 1. The smallest absolute Gasteiger partial charge is 0.252 e. The zero-order valence-corrected chi connectivity index (χ0v) is 18.9. The molecule has 1 unspecified atom stereocenters. The zero-order valence-electron chi connectivity index (χ0n) is 16.5. The van der Waals surface area contributed by atoms with Gasteiger partial charge in [-0.05, 0) is 31.9 Å². The predicted molar refractivity (Wildman–Crippen MR) is 116 cm³/mol. The molecule has 1 N–H and O–H groups in total. The average molecular weight is 471 g/mol. The Morgan fingerprint density at radius 1 is 1.20 bits per heavy atom. The van der Waals surface area contributed by atoms with E-state index in [0.717, 1.165) is 11.3 Å². The summed E-state index contributed by atoms with van der Waals surface area (Å²) in [5, 5.41) is 3.19. The molecule has 1 aromatic heterocycles. The van der Waals surface area contributed by atoms with Gasteiger partial charge in [0.25, 0.3) is 10.0 Å². The highest BCUT2D eigenvalue weighted by Gasteiger charge is 2.34. The molecule has 162 valence electrons. The van der Waals surface area contributed by atoms with E-state index in [1.165, 1.54) is 15.6 Å². The lowest BCUT2D eigenvalue weighted by Gasteiger charge is -2.30. The molecule has 3 heterocycles. The lowest BCUT2D eigenvalue weighted by atomic mass is 9.98. The first-order valence-corrected chi connectivity index (χ1v) is 12.4. The number of thiophene rings is 1. The van der Waals surface area contributed by atoms with E-state index in [1.807, 2.05) is 6.92 Å². The fourth-order valence-corrected chi connectivity index (χ4v) is 6.73. The number of nitrogens with one attached hydrogen (secondary N) is 1. The second-order valence-electron chi connectivity index (χ2n) is 7.39. The minimum atomic E-state index is -3.60. The number of carbonyl (C=O) groups is 1. The number of rotatable bonds is 4. The van der Waals surface area contributed by atoms with Gasteiger partial charge >= 0.3 is 0 Å². The van der Waals surface area contributed by atoms with Crippen molar-refractivity contribution in [1.29, 1.82) is 0 Å². The zero-order chi connectivity index (χ0) is 21.3. The van der Waals surface area contributed by atoms with E-state index in [0.29, 0.717) is 59.0 Å². The maximum absolute atomic E-state index is 12.9. The van der Waals surface area contributed by atoms with Crippen LogP contribution >= 0.6 is 22.9 Å². The van der Waals surface area contributed by atoms with Crippen molar-refractivity contribution < 1.29 is 22.7 Å². The number of piperidine rings is 1. The predicted octanol–water partition coefficient (Wildman–Crippen LogP) is 3.91. The Balaban J connectivity index is 1.48. The van der Waals surface area contributed by atoms with E-state index >= 15 is 0 Å². The van der Waals surface area contributed by atoms with Crippen molar-refractivity contribution in [3.8, 4) is 11.5 Å². The van der Waals surface area contributed by atoms with Crippen LogP contribution in [0.1, 0.15) is 24.1 Å². The van der Waals surface area contributed by atoms with E-state index in [1.54, 1.807) is 24.3 Å². The number of hydrogen-bond acceptors (Lipinski definition) is 6.